The SMILES string of the molecule is Cc1nn(CC(C)C)c(C)c1CCC(=O)Nc1ccc2c(c1)OC1(CCCC1)O2. The van der Waals surface area contributed by atoms with Crippen molar-refractivity contribution < 1.29 is 14.3 Å². The molecule has 6 nitrogen and oxygen atoms in total. The average Bonchev–Trinajstić information content (AvgIpc) is 3.32. The summed E-state index contributed by atoms with van der Waals surface area (Å²) in [6, 6.07) is 5.64. The van der Waals surface area contributed by atoms with Crippen molar-refractivity contribution in [2.24, 2.45) is 5.92 Å². The van der Waals surface area contributed by atoms with Gasteiger partial charge >= 0.3 is 0 Å². The molecule has 2 aliphatic rings. The van der Waals surface area contributed by atoms with Crippen LogP contribution in [0.25, 0.3) is 0 Å². The summed E-state index contributed by atoms with van der Waals surface area (Å²) in [4.78, 5) is 12.5. The van der Waals surface area contributed by atoms with Gasteiger partial charge in [-0.05, 0) is 56.7 Å². The zero-order chi connectivity index (χ0) is 20.6. The number of carbonyl (C=O) groups excluding carboxylic acids is 1. The second-order valence-corrected chi connectivity index (χ2v) is 8.76. The minimum absolute atomic E-state index is 0.00476. The molecule has 0 saturated heterocycles. The quantitative estimate of drug-likeness (QED) is 0.763. The highest BCUT2D eigenvalue weighted by Gasteiger charge is 2.44. The van der Waals surface area contributed by atoms with E-state index in [9.17, 15) is 4.79 Å². The summed E-state index contributed by atoms with van der Waals surface area (Å²) >= 11 is 0. The van der Waals surface area contributed by atoms with Crippen molar-refractivity contribution in [3.63, 3.8) is 0 Å². The van der Waals surface area contributed by atoms with Crippen LogP contribution in [0.3, 0.4) is 0 Å². The number of aromatic nitrogens is 2. The molecule has 1 aromatic heterocycles. The smallest absolute Gasteiger partial charge is 0.251 e. The lowest BCUT2D eigenvalue weighted by molar-refractivity contribution is -0.116. The number of fused-ring (bicyclic) bond motifs is 1. The molecular weight excluding hydrogens is 366 g/mol. The molecule has 1 aromatic carbocycles. The minimum Gasteiger partial charge on any atom is -0.448 e. The van der Waals surface area contributed by atoms with E-state index < -0.39 is 5.79 Å². The van der Waals surface area contributed by atoms with E-state index in [1.165, 1.54) is 5.56 Å². The molecule has 2 heterocycles. The number of carbonyl (C=O) groups is 1. The monoisotopic (exact) mass is 397 g/mol. The maximum atomic E-state index is 12.5. The number of ether oxygens (including phenoxy) is 2. The Labute approximate surface area is 172 Å². The van der Waals surface area contributed by atoms with Crippen LogP contribution in [0.5, 0.6) is 11.5 Å². The summed E-state index contributed by atoms with van der Waals surface area (Å²) in [6.07, 6.45) is 5.22. The molecule has 2 aromatic rings. The first-order valence-electron chi connectivity index (χ1n) is 10.7. The van der Waals surface area contributed by atoms with Gasteiger partial charge in [-0.25, -0.2) is 0 Å². The summed E-state index contributed by atoms with van der Waals surface area (Å²) < 4.78 is 14.2. The van der Waals surface area contributed by atoms with Crippen LogP contribution in [0, 0.1) is 19.8 Å². The zero-order valence-electron chi connectivity index (χ0n) is 17.9. The number of nitrogens with zero attached hydrogens (tertiary/aromatic N) is 2. The van der Waals surface area contributed by atoms with Crippen LogP contribution in [0.4, 0.5) is 5.69 Å². The third-order valence-corrected chi connectivity index (χ3v) is 5.86. The van der Waals surface area contributed by atoms with E-state index in [1.807, 2.05) is 25.1 Å². The summed E-state index contributed by atoms with van der Waals surface area (Å²) in [6.45, 7) is 9.38. The number of hydrogen-bond acceptors (Lipinski definition) is 4. The van der Waals surface area contributed by atoms with E-state index in [0.29, 0.717) is 18.8 Å². The van der Waals surface area contributed by atoms with E-state index in [-0.39, 0.29) is 5.91 Å². The van der Waals surface area contributed by atoms with Gasteiger partial charge in [0.05, 0.1) is 5.69 Å². The molecule has 29 heavy (non-hydrogen) atoms. The lowest BCUT2D eigenvalue weighted by atomic mass is 10.1. The Morgan fingerprint density at radius 3 is 2.66 bits per heavy atom. The van der Waals surface area contributed by atoms with Crippen LogP contribution in [-0.4, -0.2) is 21.5 Å². The summed E-state index contributed by atoms with van der Waals surface area (Å²) in [7, 11) is 0. The first-order valence-corrected chi connectivity index (χ1v) is 10.7. The summed E-state index contributed by atoms with van der Waals surface area (Å²) in [5, 5.41) is 7.64. The molecular formula is C23H31N3O3. The number of benzene rings is 1. The second-order valence-electron chi connectivity index (χ2n) is 8.76. The largest absolute Gasteiger partial charge is 0.448 e. The van der Waals surface area contributed by atoms with Crippen molar-refractivity contribution in [2.45, 2.75) is 78.6 Å². The molecule has 1 N–H and O–H groups in total. The Bertz CT molecular complexity index is 910. The third-order valence-electron chi connectivity index (χ3n) is 5.86. The van der Waals surface area contributed by atoms with Crippen LogP contribution in [0.15, 0.2) is 18.2 Å². The lowest BCUT2D eigenvalue weighted by Gasteiger charge is -2.21. The third kappa shape index (κ3) is 4.11. The van der Waals surface area contributed by atoms with Crippen molar-refractivity contribution in [3.05, 3.63) is 35.2 Å². The Hall–Kier alpha value is -2.50. The molecule has 1 spiro atoms. The number of hydrogen-bond donors (Lipinski definition) is 1. The highest BCUT2D eigenvalue weighted by atomic mass is 16.7. The van der Waals surface area contributed by atoms with Crippen LogP contribution in [0.1, 0.15) is 62.9 Å². The van der Waals surface area contributed by atoms with Gasteiger partial charge < -0.3 is 14.8 Å². The predicted octanol–water partition coefficient (Wildman–Crippen LogP) is 4.77. The van der Waals surface area contributed by atoms with Crippen LogP contribution >= 0.6 is 0 Å². The predicted molar refractivity (Wildman–Crippen MR) is 112 cm³/mol. The van der Waals surface area contributed by atoms with Gasteiger partial charge in [-0.2, -0.15) is 5.10 Å². The average molecular weight is 398 g/mol. The van der Waals surface area contributed by atoms with Gasteiger partial charge in [0.2, 0.25) is 5.91 Å². The van der Waals surface area contributed by atoms with E-state index in [2.05, 4.69) is 35.9 Å². The first kappa shape index (κ1) is 19.8. The van der Waals surface area contributed by atoms with Gasteiger partial charge in [-0.1, -0.05) is 13.8 Å². The first-order chi connectivity index (χ1) is 13.8. The number of anilines is 1. The summed E-state index contributed by atoms with van der Waals surface area (Å²) in [5.74, 6) is 1.56. The van der Waals surface area contributed by atoms with Gasteiger partial charge in [0, 0.05) is 43.3 Å². The Morgan fingerprint density at radius 1 is 1.21 bits per heavy atom. The van der Waals surface area contributed by atoms with E-state index in [0.717, 1.165) is 60.8 Å². The highest BCUT2D eigenvalue weighted by molar-refractivity contribution is 5.91. The highest BCUT2D eigenvalue weighted by Crippen LogP contribution is 2.47. The van der Waals surface area contributed by atoms with Gasteiger partial charge in [-0.3, -0.25) is 9.48 Å². The Morgan fingerprint density at radius 2 is 1.93 bits per heavy atom. The van der Waals surface area contributed by atoms with Gasteiger partial charge in [0.25, 0.3) is 5.79 Å². The van der Waals surface area contributed by atoms with E-state index in [1.54, 1.807) is 0 Å². The molecule has 1 aliphatic heterocycles. The maximum Gasteiger partial charge on any atom is 0.251 e. The topological polar surface area (TPSA) is 65.4 Å². The zero-order valence-corrected chi connectivity index (χ0v) is 17.9. The molecule has 0 atom stereocenters. The fourth-order valence-corrected chi connectivity index (χ4v) is 4.37. The van der Waals surface area contributed by atoms with Crippen LogP contribution in [-0.2, 0) is 17.8 Å². The Balaban J connectivity index is 1.36. The Kier molecular flexibility index (Phi) is 5.28. The lowest BCUT2D eigenvalue weighted by Crippen LogP contribution is -2.34. The molecule has 1 fully saturated rings. The molecule has 0 radical (unpaired) electrons. The molecule has 1 aliphatic carbocycles. The van der Waals surface area contributed by atoms with Gasteiger partial charge in [-0.15, -0.1) is 0 Å². The molecule has 156 valence electrons. The van der Waals surface area contributed by atoms with Crippen LogP contribution < -0.4 is 14.8 Å². The number of rotatable bonds is 6. The normalized spacial score (nSPS) is 16.7. The standard InChI is InChI=1S/C23H31N3O3/c1-15(2)14-26-17(4)19(16(3)25-26)8-10-22(27)24-18-7-9-20-21(13-18)29-23(28-20)11-5-6-12-23/h7,9,13,15H,5-6,8,10-12,14H2,1-4H3,(H,24,27). The maximum absolute atomic E-state index is 12.5. The second kappa shape index (κ2) is 7.73. The van der Waals surface area contributed by atoms with Gasteiger partial charge in [0.1, 0.15) is 0 Å². The van der Waals surface area contributed by atoms with Gasteiger partial charge in [0.15, 0.2) is 11.5 Å². The fraction of sp³-hybridized carbons (Fsp3) is 0.565. The molecule has 0 bridgehead atoms. The molecule has 6 heteroatoms. The molecule has 1 amide bonds. The fourth-order valence-electron chi connectivity index (χ4n) is 4.37. The molecule has 4 rings (SSSR count). The van der Waals surface area contributed by atoms with Crippen molar-refractivity contribution in [1.29, 1.82) is 0 Å². The van der Waals surface area contributed by atoms with Crippen LogP contribution in [0.2, 0.25) is 0 Å². The van der Waals surface area contributed by atoms with Crippen molar-refractivity contribution in [1.82, 2.24) is 9.78 Å². The number of amides is 1. The van der Waals surface area contributed by atoms with E-state index in [4.69, 9.17) is 9.47 Å². The van der Waals surface area contributed by atoms with Crippen molar-refractivity contribution >= 4 is 11.6 Å². The van der Waals surface area contributed by atoms with E-state index >= 15 is 0 Å². The number of nitrogens with one attached hydrogen (secondary N) is 1. The van der Waals surface area contributed by atoms with Crippen molar-refractivity contribution in [2.75, 3.05) is 5.32 Å². The summed E-state index contributed by atoms with van der Waals surface area (Å²) in [5.41, 5.74) is 4.10. The number of aryl methyl sites for hydroxylation is 1. The van der Waals surface area contributed by atoms with Crippen molar-refractivity contribution in [3.8, 4) is 11.5 Å². The molecule has 1 saturated carbocycles. The molecule has 0 unspecified atom stereocenters. The minimum atomic E-state index is -0.476.